The first-order valence-electron chi connectivity index (χ1n) is 5.34. The SMILES string of the molecule is CCCOCCC.CCOC(C)=O.CO. The van der Waals surface area contributed by atoms with Crippen LogP contribution in [0.1, 0.15) is 40.5 Å². The summed E-state index contributed by atoms with van der Waals surface area (Å²) in [6.07, 6.45) is 2.28. The van der Waals surface area contributed by atoms with Gasteiger partial charge in [-0.1, -0.05) is 13.8 Å². The van der Waals surface area contributed by atoms with Gasteiger partial charge < -0.3 is 14.6 Å². The molecule has 0 atom stereocenters. The molecule has 0 aliphatic heterocycles. The molecule has 0 aliphatic rings. The molecule has 0 saturated heterocycles. The zero-order valence-electron chi connectivity index (χ0n) is 10.7. The fraction of sp³-hybridized carbons (Fsp3) is 0.909. The maximum atomic E-state index is 9.82. The van der Waals surface area contributed by atoms with E-state index in [1.165, 1.54) is 6.92 Å². The van der Waals surface area contributed by atoms with Gasteiger partial charge >= 0.3 is 5.97 Å². The van der Waals surface area contributed by atoms with Crippen molar-refractivity contribution in [1.82, 2.24) is 0 Å². The lowest BCUT2D eigenvalue weighted by atomic mass is 10.5. The summed E-state index contributed by atoms with van der Waals surface area (Å²) < 4.78 is 9.53. The van der Waals surface area contributed by atoms with Gasteiger partial charge in [0.25, 0.3) is 0 Å². The van der Waals surface area contributed by atoms with E-state index in [-0.39, 0.29) is 5.97 Å². The van der Waals surface area contributed by atoms with E-state index in [0.29, 0.717) is 6.61 Å². The molecule has 0 aromatic carbocycles. The molecule has 15 heavy (non-hydrogen) atoms. The summed E-state index contributed by atoms with van der Waals surface area (Å²) in [6, 6.07) is 0. The van der Waals surface area contributed by atoms with Crippen LogP contribution >= 0.6 is 0 Å². The second-order valence-corrected chi connectivity index (χ2v) is 2.54. The molecule has 0 rings (SSSR count). The van der Waals surface area contributed by atoms with Crippen LogP contribution in [-0.2, 0) is 14.3 Å². The first-order valence-corrected chi connectivity index (χ1v) is 5.34. The normalized spacial score (nSPS) is 7.87. The second-order valence-electron chi connectivity index (χ2n) is 2.54. The summed E-state index contributed by atoms with van der Waals surface area (Å²) in [5, 5.41) is 7.00. The Bertz CT molecular complexity index is 101. The molecule has 94 valence electrons. The van der Waals surface area contributed by atoms with Crippen molar-refractivity contribution in [2.45, 2.75) is 40.5 Å². The van der Waals surface area contributed by atoms with Crippen molar-refractivity contribution in [2.24, 2.45) is 0 Å². The quantitative estimate of drug-likeness (QED) is 0.571. The maximum Gasteiger partial charge on any atom is 0.302 e. The molecule has 0 radical (unpaired) electrons. The number of ether oxygens (including phenoxy) is 2. The molecule has 1 N–H and O–H groups in total. The van der Waals surface area contributed by atoms with E-state index < -0.39 is 0 Å². The fourth-order valence-corrected chi connectivity index (χ4v) is 0.594. The number of aliphatic hydroxyl groups is 1. The van der Waals surface area contributed by atoms with E-state index in [0.717, 1.165) is 33.2 Å². The molecule has 0 unspecified atom stereocenters. The van der Waals surface area contributed by atoms with E-state index in [4.69, 9.17) is 9.84 Å². The minimum atomic E-state index is -0.211. The number of aliphatic hydroxyl groups excluding tert-OH is 1. The average molecular weight is 222 g/mol. The van der Waals surface area contributed by atoms with Crippen molar-refractivity contribution in [3.63, 3.8) is 0 Å². The first kappa shape index (κ1) is 19.9. The Hall–Kier alpha value is -0.610. The Kier molecular flexibility index (Phi) is 30.9. The molecular formula is C11H26O4. The van der Waals surface area contributed by atoms with E-state index >= 15 is 0 Å². The summed E-state index contributed by atoms with van der Waals surface area (Å²) in [5.41, 5.74) is 0. The van der Waals surface area contributed by atoms with Crippen molar-refractivity contribution in [2.75, 3.05) is 26.9 Å². The summed E-state index contributed by atoms with van der Waals surface area (Å²) in [6.45, 7) is 9.74. The molecule has 0 amide bonds. The van der Waals surface area contributed by atoms with Gasteiger partial charge in [-0.15, -0.1) is 0 Å². The van der Waals surface area contributed by atoms with Crippen molar-refractivity contribution in [3.8, 4) is 0 Å². The van der Waals surface area contributed by atoms with Crippen LogP contribution in [-0.4, -0.2) is 38.0 Å². The van der Waals surface area contributed by atoms with Crippen molar-refractivity contribution >= 4 is 5.97 Å². The topological polar surface area (TPSA) is 55.8 Å². The lowest BCUT2D eigenvalue weighted by Crippen LogP contribution is -1.95. The number of carbonyl (C=O) groups is 1. The number of esters is 1. The Morgan fingerprint density at radius 1 is 1.07 bits per heavy atom. The molecule has 0 aromatic heterocycles. The average Bonchev–Trinajstić information content (AvgIpc) is 2.22. The maximum absolute atomic E-state index is 9.82. The standard InChI is InChI=1S/C6H14O.C4H8O2.CH4O/c1-3-5-7-6-4-2;1-3-6-4(2)5;1-2/h3-6H2,1-2H3;3H2,1-2H3;2H,1H3. The van der Waals surface area contributed by atoms with Crippen molar-refractivity contribution < 1.29 is 19.4 Å². The van der Waals surface area contributed by atoms with Crippen LogP contribution in [0.3, 0.4) is 0 Å². The van der Waals surface area contributed by atoms with Crippen LogP contribution < -0.4 is 0 Å². The van der Waals surface area contributed by atoms with Gasteiger partial charge in [-0.25, -0.2) is 0 Å². The van der Waals surface area contributed by atoms with Gasteiger partial charge in [-0.3, -0.25) is 4.79 Å². The highest BCUT2D eigenvalue weighted by molar-refractivity contribution is 5.65. The Balaban J connectivity index is -0.000000166. The summed E-state index contributed by atoms with van der Waals surface area (Å²) in [4.78, 5) is 9.82. The molecule has 0 heterocycles. The van der Waals surface area contributed by atoms with Crippen LogP contribution in [0.4, 0.5) is 0 Å². The molecule has 0 aromatic rings. The number of hydrogen-bond donors (Lipinski definition) is 1. The predicted octanol–water partition coefficient (Wildman–Crippen LogP) is 2.00. The number of hydrogen-bond acceptors (Lipinski definition) is 4. The summed E-state index contributed by atoms with van der Waals surface area (Å²) in [7, 11) is 1.00. The largest absolute Gasteiger partial charge is 0.466 e. The monoisotopic (exact) mass is 222 g/mol. The smallest absolute Gasteiger partial charge is 0.302 e. The molecule has 4 heteroatoms. The zero-order chi connectivity index (χ0) is 12.5. The Morgan fingerprint density at radius 3 is 1.60 bits per heavy atom. The lowest BCUT2D eigenvalue weighted by molar-refractivity contribution is -0.140. The van der Waals surface area contributed by atoms with E-state index in [2.05, 4.69) is 18.6 Å². The number of rotatable bonds is 5. The Labute approximate surface area is 93.6 Å². The van der Waals surface area contributed by atoms with Crippen LogP contribution in [0.25, 0.3) is 0 Å². The molecule has 0 bridgehead atoms. The highest BCUT2D eigenvalue weighted by atomic mass is 16.5. The third kappa shape index (κ3) is 42.5. The van der Waals surface area contributed by atoms with Gasteiger partial charge in [0.2, 0.25) is 0 Å². The third-order valence-corrected chi connectivity index (χ3v) is 1.04. The van der Waals surface area contributed by atoms with Gasteiger partial charge in [0.05, 0.1) is 6.61 Å². The van der Waals surface area contributed by atoms with E-state index in [9.17, 15) is 4.79 Å². The van der Waals surface area contributed by atoms with Crippen LogP contribution in [0.5, 0.6) is 0 Å². The number of carbonyl (C=O) groups excluding carboxylic acids is 1. The lowest BCUT2D eigenvalue weighted by Gasteiger charge is -1.95. The molecule has 4 nitrogen and oxygen atoms in total. The van der Waals surface area contributed by atoms with Crippen molar-refractivity contribution in [1.29, 1.82) is 0 Å². The minimum absolute atomic E-state index is 0.211. The van der Waals surface area contributed by atoms with Gasteiger partial charge in [0.1, 0.15) is 0 Å². The minimum Gasteiger partial charge on any atom is -0.466 e. The fourth-order valence-electron chi connectivity index (χ4n) is 0.594. The van der Waals surface area contributed by atoms with Crippen molar-refractivity contribution in [3.05, 3.63) is 0 Å². The highest BCUT2D eigenvalue weighted by Crippen LogP contribution is 1.81. The van der Waals surface area contributed by atoms with E-state index in [1.807, 2.05) is 0 Å². The highest BCUT2D eigenvalue weighted by Gasteiger charge is 1.81. The van der Waals surface area contributed by atoms with E-state index in [1.54, 1.807) is 6.92 Å². The molecule has 0 saturated carbocycles. The molecular weight excluding hydrogens is 196 g/mol. The molecule has 0 fully saturated rings. The van der Waals surface area contributed by atoms with Gasteiger partial charge in [-0.05, 0) is 19.8 Å². The Morgan fingerprint density at radius 2 is 1.47 bits per heavy atom. The van der Waals surface area contributed by atoms with Crippen LogP contribution in [0.15, 0.2) is 0 Å². The second kappa shape index (κ2) is 23.3. The van der Waals surface area contributed by atoms with Gasteiger partial charge in [-0.2, -0.15) is 0 Å². The summed E-state index contributed by atoms with van der Waals surface area (Å²) in [5.74, 6) is -0.211. The summed E-state index contributed by atoms with van der Waals surface area (Å²) >= 11 is 0. The van der Waals surface area contributed by atoms with Crippen LogP contribution in [0.2, 0.25) is 0 Å². The van der Waals surface area contributed by atoms with Gasteiger partial charge in [0, 0.05) is 27.2 Å². The predicted molar refractivity (Wildman–Crippen MR) is 61.9 cm³/mol. The molecule has 0 aliphatic carbocycles. The third-order valence-electron chi connectivity index (χ3n) is 1.04. The molecule has 0 spiro atoms. The van der Waals surface area contributed by atoms with Gasteiger partial charge in [0.15, 0.2) is 0 Å². The first-order chi connectivity index (χ1) is 7.18. The van der Waals surface area contributed by atoms with Crippen LogP contribution in [0, 0.1) is 0 Å². The zero-order valence-corrected chi connectivity index (χ0v) is 10.7.